The molecule has 0 saturated carbocycles. The Morgan fingerprint density at radius 1 is 1.64 bits per heavy atom. The molecule has 0 saturated heterocycles. The number of hydrogen-bond donors (Lipinski definition) is 2. The van der Waals surface area contributed by atoms with E-state index in [1.807, 2.05) is 6.07 Å². The lowest BCUT2D eigenvalue weighted by atomic mass is 9.98. The predicted molar refractivity (Wildman–Crippen MR) is 51.6 cm³/mol. The average molecular weight is 190 g/mol. The Hall–Kier alpha value is -2.02. The third-order valence-corrected chi connectivity index (χ3v) is 2.09. The molecule has 0 aliphatic carbocycles. The zero-order valence-electron chi connectivity index (χ0n) is 7.74. The van der Waals surface area contributed by atoms with Crippen molar-refractivity contribution in [3.05, 3.63) is 28.8 Å². The number of benzene rings is 1. The number of rotatable bonds is 2. The monoisotopic (exact) mass is 190 g/mol. The zero-order chi connectivity index (χ0) is 10.7. The Kier molecular flexibility index (Phi) is 2.73. The topological polar surface area (TPSA) is 87.1 Å². The van der Waals surface area contributed by atoms with Crippen molar-refractivity contribution in [2.75, 3.05) is 5.73 Å². The highest BCUT2D eigenvalue weighted by Gasteiger charge is 2.11. The van der Waals surface area contributed by atoms with Crippen LogP contribution in [-0.2, 0) is 11.2 Å². The molecule has 14 heavy (non-hydrogen) atoms. The molecule has 1 aromatic rings. The third kappa shape index (κ3) is 1.83. The highest BCUT2D eigenvalue weighted by atomic mass is 16.4. The quantitative estimate of drug-likeness (QED) is 0.683. The average Bonchev–Trinajstić information content (AvgIpc) is 2.13. The van der Waals surface area contributed by atoms with E-state index in [1.54, 1.807) is 19.1 Å². The van der Waals surface area contributed by atoms with E-state index in [0.29, 0.717) is 22.4 Å². The highest BCUT2D eigenvalue weighted by Crippen LogP contribution is 2.20. The standard InChI is InChI=1S/C10H10N2O2/c1-6-8(4-10(13)14)7(5-11)2-3-9(6)12/h2-3H,4,12H2,1H3,(H,13,14). The molecule has 0 unspecified atom stereocenters. The lowest BCUT2D eigenvalue weighted by Gasteiger charge is -2.07. The first kappa shape index (κ1) is 10.1. The molecule has 0 aliphatic heterocycles. The van der Waals surface area contributed by atoms with E-state index in [1.165, 1.54) is 0 Å². The lowest BCUT2D eigenvalue weighted by molar-refractivity contribution is -0.136. The highest BCUT2D eigenvalue weighted by molar-refractivity contribution is 5.73. The molecule has 0 fully saturated rings. The van der Waals surface area contributed by atoms with E-state index < -0.39 is 5.97 Å². The SMILES string of the molecule is Cc1c(N)ccc(C#N)c1CC(=O)O. The van der Waals surface area contributed by atoms with Crippen molar-refractivity contribution in [1.29, 1.82) is 5.26 Å². The van der Waals surface area contributed by atoms with Crippen LogP contribution in [0.1, 0.15) is 16.7 Å². The van der Waals surface area contributed by atoms with Gasteiger partial charge in [0.25, 0.3) is 0 Å². The van der Waals surface area contributed by atoms with Crippen LogP contribution in [0.5, 0.6) is 0 Å². The molecular weight excluding hydrogens is 180 g/mol. The molecule has 1 aromatic carbocycles. The molecule has 1 rings (SSSR count). The van der Waals surface area contributed by atoms with Crippen LogP contribution in [0.2, 0.25) is 0 Å². The van der Waals surface area contributed by atoms with Gasteiger partial charge in [-0.05, 0) is 30.2 Å². The molecule has 4 nitrogen and oxygen atoms in total. The van der Waals surface area contributed by atoms with E-state index in [4.69, 9.17) is 16.1 Å². The van der Waals surface area contributed by atoms with Gasteiger partial charge in [-0.2, -0.15) is 5.26 Å². The second kappa shape index (κ2) is 3.79. The summed E-state index contributed by atoms with van der Waals surface area (Å²) in [4.78, 5) is 10.6. The molecule has 0 amide bonds. The number of nitriles is 1. The maximum absolute atomic E-state index is 10.6. The summed E-state index contributed by atoms with van der Waals surface area (Å²) in [5.41, 5.74) is 7.68. The van der Waals surface area contributed by atoms with E-state index in [2.05, 4.69) is 0 Å². The van der Waals surface area contributed by atoms with Crippen LogP contribution in [0.25, 0.3) is 0 Å². The number of hydrogen-bond acceptors (Lipinski definition) is 3. The van der Waals surface area contributed by atoms with Gasteiger partial charge in [0, 0.05) is 5.69 Å². The summed E-state index contributed by atoms with van der Waals surface area (Å²) in [5.74, 6) is -0.963. The van der Waals surface area contributed by atoms with Crippen LogP contribution in [-0.4, -0.2) is 11.1 Å². The summed E-state index contributed by atoms with van der Waals surface area (Å²) in [5, 5.41) is 17.4. The number of carboxylic acids is 1. The van der Waals surface area contributed by atoms with Crippen molar-refractivity contribution < 1.29 is 9.90 Å². The molecule has 3 N–H and O–H groups in total. The van der Waals surface area contributed by atoms with Gasteiger partial charge in [0.05, 0.1) is 18.1 Å². The molecule has 0 aromatic heterocycles. The van der Waals surface area contributed by atoms with Crippen molar-refractivity contribution in [1.82, 2.24) is 0 Å². The number of anilines is 1. The minimum absolute atomic E-state index is 0.167. The predicted octanol–water partition coefficient (Wildman–Crippen LogP) is 1.08. The van der Waals surface area contributed by atoms with Gasteiger partial charge in [-0.1, -0.05) is 0 Å². The Morgan fingerprint density at radius 2 is 2.29 bits per heavy atom. The van der Waals surface area contributed by atoms with Gasteiger partial charge in [0.1, 0.15) is 0 Å². The smallest absolute Gasteiger partial charge is 0.307 e. The van der Waals surface area contributed by atoms with Crippen molar-refractivity contribution in [3.8, 4) is 6.07 Å². The summed E-state index contributed by atoms with van der Waals surface area (Å²) < 4.78 is 0. The van der Waals surface area contributed by atoms with Crippen LogP contribution in [0, 0.1) is 18.3 Å². The molecule has 0 atom stereocenters. The number of nitrogens with two attached hydrogens (primary N) is 1. The van der Waals surface area contributed by atoms with E-state index in [-0.39, 0.29) is 6.42 Å². The second-order valence-corrected chi connectivity index (χ2v) is 2.99. The normalized spacial score (nSPS) is 9.43. The maximum Gasteiger partial charge on any atom is 0.307 e. The van der Waals surface area contributed by atoms with Crippen LogP contribution in [0.3, 0.4) is 0 Å². The Bertz CT molecular complexity index is 419. The zero-order valence-corrected chi connectivity index (χ0v) is 7.74. The van der Waals surface area contributed by atoms with Crippen LogP contribution >= 0.6 is 0 Å². The first-order chi connectivity index (χ1) is 6.56. The summed E-state index contributed by atoms with van der Waals surface area (Å²) in [6.45, 7) is 1.72. The van der Waals surface area contributed by atoms with Crippen molar-refractivity contribution in [2.24, 2.45) is 0 Å². The maximum atomic E-state index is 10.6. The van der Waals surface area contributed by atoms with Gasteiger partial charge >= 0.3 is 5.97 Å². The van der Waals surface area contributed by atoms with Gasteiger partial charge in [-0.25, -0.2) is 0 Å². The van der Waals surface area contributed by atoms with Gasteiger partial charge in [0.15, 0.2) is 0 Å². The Balaban J connectivity index is 3.29. The second-order valence-electron chi connectivity index (χ2n) is 2.99. The van der Waals surface area contributed by atoms with Gasteiger partial charge in [-0.3, -0.25) is 4.79 Å². The summed E-state index contributed by atoms with van der Waals surface area (Å²) in [7, 11) is 0. The summed E-state index contributed by atoms with van der Waals surface area (Å²) in [6.07, 6.45) is -0.167. The van der Waals surface area contributed by atoms with Crippen LogP contribution in [0.4, 0.5) is 5.69 Å². The number of aliphatic carboxylic acids is 1. The minimum atomic E-state index is -0.963. The summed E-state index contributed by atoms with van der Waals surface area (Å²) >= 11 is 0. The fraction of sp³-hybridized carbons (Fsp3) is 0.200. The molecular formula is C10H10N2O2. The number of nitrogen functional groups attached to an aromatic ring is 1. The van der Waals surface area contributed by atoms with Crippen molar-refractivity contribution >= 4 is 11.7 Å². The minimum Gasteiger partial charge on any atom is -0.481 e. The van der Waals surface area contributed by atoms with Crippen LogP contribution in [0.15, 0.2) is 12.1 Å². The summed E-state index contributed by atoms with van der Waals surface area (Å²) in [6, 6.07) is 5.10. The van der Waals surface area contributed by atoms with E-state index in [0.717, 1.165) is 0 Å². The number of nitrogens with zero attached hydrogens (tertiary/aromatic N) is 1. The fourth-order valence-electron chi connectivity index (χ4n) is 1.26. The third-order valence-electron chi connectivity index (χ3n) is 2.09. The molecule has 0 spiro atoms. The van der Waals surface area contributed by atoms with Crippen molar-refractivity contribution in [2.45, 2.75) is 13.3 Å². The fourth-order valence-corrected chi connectivity index (χ4v) is 1.26. The number of carbonyl (C=O) groups is 1. The molecule has 0 radical (unpaired) electrons. The molecule has 72 valence electrons. The Morgan fingerprint density at radius 3 is 2.79 bits per heavy atom. The first-order valence-corrected chi connectivity index (χ1v) is 4.06. The molecule has 0 heterocycles. The number of carboxylic acid groups (broad SMARTS) is 1. The lowest BCUT2D eigenvalue weighted by Crippen LogP contribution is -2.06. The van der Waals surface area contributed by atoms with Gasteiger partial charge < -0.3 is 10.8 Å². The van der Waals surface area contributed by atoms with Gasteiger partial charge in [0.2, 0.25) is 0 Å². The van der Waals surface area contributed by atoms with E-state index in [9.17, 15) is 4.79 Å². The first-order valence-electron chi connectivity index (χ1n) is 4.06. The Labute approximate surface area is 81.6 Å². The van der Waals surface area contributed by atoms with Gasteiger partial charge in [-0.15, -0.1) is 0 Å². The molecule has 4 heteroatoms. The van der Waals surface area contributed by atoms with Crippen LogP contribution < -0.4 is 5.73 Å². The molecule has 0 aliphatic rings. The van der Waals surface area contributed by atoms with E-state index >= 15 is 0 Å². The van der Waals surface area contributed by atoms with Crippen molar-refractivity contribution in [3.63, 3.8) is 0 Å². The molecule has 0 bridgehead atoms. The largest absolute Gasteiger partial charge is 0.481 e.